The van der Waals surface area contributed by atoms with Crippen molar-refractivity contribution in [2.45, 2.75) is 5.54 Å². The smallest absolute Gasteiger partial charge is 0.0305 e. The van der Waals surface area contributed by atoms with Gasteiger partial charge in [0.25, 0.3) is 0 Å². The van der Waals surface area contributed by atoms with Crippen molar-refractivity contribution in [2.24, 2.45) is 0 Å². The fraction of sp³-hybridized carbons (Fsp3) is 0.0769. The van der Waals surface area contributed by atoms with Gasteiger partial charge < -0.3 is 0 Å². The SMILES string of the molecule is [SiH3]C1C(c2cccs2)=Cc2ccccc21. The summed E-state index contributed by atoms with van der Waals surface area (Å²) in [5.41, 5.74) is 5.14. The Hall–Kier alpha value is -1.12. The summed E-state index contributed by atoms with van der Waals surface area (Å²) < 4.78 is 0. The predicted octanol–water partition coefficient (Wildman–Crippen LogP) is 2.71. The van der Waals surface area contributed by atoms with Crippen LogP contribution in [-0.2, 0) is 0 Å². The molecule has 1 unspecified atom stereocenters. The van der Waals surface area contributed by atoms with Crippen LogP contribution in [0.25, 0.3) is 11.6 Å². The highest BCUT2D eigenvalue weighted by Crippen LogP contribution is 2.40. The van der Waals surface area contributed by atoms with Gasteiger partial charge in [-0.05, 0) is 39.8 Å². The van der Waals surface area contributed by atoms with Crippen LogP contribution in [0.3, 0.4) is 0 Å². The Bertz CT molecular complexity index is 511. The van der Waals surface area contributed by atoms with Gasteiger partial charge in [0.2, 0.25) is 0 Å². The molecule has 0 bridgehead atoms. The number of rotatable bonds is 1. The molecular weight excluding hydrogens is 216 g/mol. The van der Waals surface area contributed by atoms with Crippen molar-refractivity contribution < 1.29 is 0 Å². The van der Waals surface area contributed by atoms with E-state index in [4.69, 9.17) is 0 Å². The van der Waals surface area contributed by atoms with Crippen molar-refractivity contribution >= 4 is 33.2 Å². The molecule has 1 heterocycles. The molecule has 1 aliphatic rings. The summed E-state index contributed by atoms with van der Waals surface area (Å²) in [4.78, 5) is 1.44. The quantitative estimate of drug-likeness (QED) is 0.658. The minimum absolute atomic E-state index is 0.680. The zero-order valence-corrected chi connectivity index (χ0v) is 11.4. The molecular formula is C13H12SSi. The summed E-state index contributed by atoms with van der Waals surface area (Å²) in [6.45, 7) is 0. The van der Waals surface area contributed by atoms with Gasteiger partial charge in [0, 0.05) is 15.1 Å². The number of benzene rings is 1. The average Bonchev–Trinajstić information content (AvgIpc) is 2.87. The third-order valence-electron chi connectivity index (χ3n) is 3.05. The summed E-state index contributed by atoms with van der Waals surface area (Å²) in [6, 6.07) is 13.1. The molecule has 1 aliphatic carbocycles. The minimum atomic E-state index is 0.680. The van der Waals surface area contributed by atoms with Gasteiger partial charge in [0.05, 0.1) is 0 Å². The molecule has 0 N–H and O–H groups in total. The second-order valence-corrected chi connectivity index (χ2v) is 6.03. The first kappa shape index (κ1) is 9.13. The molecule has 15 heavy (non-hydrogen) atoms. The highest BCUT2D eigenvalue weighted by molar-refractivity contribution is 7.11. The summed E-state index contributed by atoms with van der Waals surface area (Å²) in [5, 5.41) is 2.16. The second kappa shape index (κ2) is 3.47. The van der Waals surface area contributed by atoms with E-state index in [1.807, 2.05) is 11.3 Å². The van der Waals surface area contributed by atoms with Crippen LogP contribution in [0.15, 0.2) is 41.8 Å². The standard InChI is InChI=1S/C13H12SSi/c15-13-10-5-2-1-4-9(10)8-11(13)12-6-3-7-14-12/h1-8,13H,15H3. The molecule has 0 nitrogen and oxygen atoms in total. The van der Waals surface area contributed by atoms with Crippen LogP contribution in [0, 0.1) is 0 Å². The lowest BCUT2D eigenvalue weighted by Crippen LogP contribution is -1.95. The third-order valence-corrected chi connectivity index (χ3v) is 5.21. The number of allylic oxidation sites excluding steroid dienone is 1. The maximum Gasteiger partial charge on any atom is 0.0305 e. The Morgan fingerprint density at radius 1 is 1.07 bits per heavy atom. The Labute approximate surface area is 96.7 Å². The van der Waals surface area contributed by atoms with Crippen molar-refractivity contribution in [3.05, 3.63) is 57.8 Å². The van der Waals surface area contributed by atoms with Gasteiger partial charge in [0.1, 0.15) is 0 Å². The van der Waals surface area contributed by atoms with E-state index in [0.717, 1.165) is 0 Å². The van der Waals surface area contributed by atoms with E-state index < -0.39 is 0 Å². The van der Waals surface area contributed by atoms with E-state index >= 15 is 0 Å². The van der Waals surface area contributed by atoms with Crippen molar-refractivity contribution in [3.63, 3.8) is 0 Å². The summed E-state index contributed by atoms with van der Waals surface area (Å²) >= 11 is 1.85. The maximum absolute atomic E-state index is 2.36. The van der Waals surface area contributed by atoms with Crippen molar-refractivity contribution in [3.8, 4) is 0 Å². The lowest BCUT2D eigenvalue weighted by atomic mass is 10.1. The normalized spacial score (nSPS) is 18.9. The predicted molar refractivity (Wildman–Crippen MR) is 71.3 cm³/mol. The van der Waals surface area contributed by atoms with Gasteiger partial charge in [-0.25, -0.2) is 0 Å². The molecule has 1 aromatic carbocycles. The van der Waals surface area contributed by atoms with Crippen LogP contribution >= 0.6 is 11.3 Å². The molecule has 2 heteroatoms. The first-order valence-electron chi connectivity index (χ1n) is 5.20. The number of hydrogen-bond acceptors (Lipinski definition) is 1. The Morgan fingerprint density at radius 3 is 2.67 bits per heavy atom. The first-order chi connectivity index (χ1) is 7.36. The van der Waals surface area contributed by atoms with Crippen molar-refractivity contribution in [1.82, 2.24) is 0 Å². The molecule has 0 radical (unpaired) electrons. The van der Waals surface area contributed by atoms with Gasteiger partial charge in [-0.3, -0.25) is 0 Å². The number of fused-ring (bicyclic) bond motifs is 1. The molecule has 0 fully saturated rings. The van der Waals surface area contributed by atoms with Crippen molar-refractivity contribution in [2.75, 3.05) is 0 Å². The Balaban J connectivity index is 2.11. The second-order valence-electron chi connectivity index (χ2n) is 3.93. The molecule has 0 saturated carbocycles. The van der Waals surface area contributed by atoms with Crippen LogP contribution in [-0.4, -0.2) is 10.2 Å². The molecule has 0 amide bonds. The average molecular weight is 228 g/mol. The van der Waals surface area contributed by atoms with E-state index in [-0.39, 0.29) is 0 Å². The molecule has 0 spiro atoms. The van der Waals surface area contributed by atoms with Gasteiger partial charge in [-0.15, -0.1) is 11.3 Å². The zero-order valence-electron chi connectivity index (χ0n) is 8.60. The molecule has 74 valence electrons. The van der Waals surface area contributed by atoms with E-state index in [1.54, 1.807) is 0 Å². The van der Waals surface area contributed by atoms with E-state index in [0.29, 0.717) is 5.54 Å². The van der Waals surface area contributed by atoms with Gasteiger partial charge in [0.15, 0.2) is 0 Å². The van der Waals surface area contributed by atoms with Crippen LogP contribution in [0.4, 0.5) is 0 Å². The lowest BCUT2D eigenvalue weighted by molar-refractivity contribution is 1.27. The van der Waals surface area contributed by atoms with Crippen LogP contribution in [0.1, 0.15) is 21.5 Å². The van der Waals surface area contributed by atoms with Gasteiger partial charge >= 0.3 is 0 Å². The molecule has 1 aromatic heterocycles. The molecule has 3 rings (SSSR count). The molecule has 0 aliphatic heterocycles. The fourth-order valence-electron chi connectivity index (χ4n) is 2.22. The topological polar surface area (TPSA) is 0 Å². The molecule has 2 aromatic rings. The first-order valence-corrected chi connectivity index (χ1v) is 7.24. The third kappa shape index (κ3) is 1.41. The van der Waals surface area contributed by atoms with Crippen molar-refractivity contribution in [1.29, 1.82) is 0 Å². The highest BCUT2D eigenvalue weighted by atomic mass is 32.1. The number of hydrogen-bond donors (Lipinski definition) is 0. The maximum atomic E-state index is 2.36. The zero-order chi connectivity index (χ0) is 10.3. The van der Waals surface area contributed by atoms with Gasteiger partial charge in [-0.2, -0.15) is 0 Å². The van der Waals surface area contributed by atoms with Crippen LogP contribution in [0.2, 0.25) is 0 Å². The minimum Gasteiger partial charge on any atom is -0.144 e. The largest absolute Gasteiger partial charge is 0.144 e. The van der Waals surface area contributed by atoms with E-state index in [2.05, 4.69) is 47.9 Å². The summed E-state index contributed by atoms with van der Waals surface area (Å²) in [6.07, 6.45) is 2.36. The Morgan fingerprint density at radius 2 is 1.93 bits per heavy atom. The number of thiophene rings is 1. The molecule has 0 saturated heterocycles. The summed E-state index contributed by atoms with van der Waals surface area (Å²) in [7, 11) is 1.20. The van der Waals surface area contributed by atoms with Crippen LogP contribution < -0.4 is 0 Å². The van der Waals surface area contributed by atoms with E-state index in [1.165, 1.54) is 31.8 Å². The van der Waals surface area contributed by atoms with Gasteiger partial charge in [-0.1, -0.05) is 30.3 Å². The Kier molecular flexibility index (Phi) is 2.11. The highest BCUT2D eigenvalue weighted by Gasteiger charge is 2.21. The monoisotopic (exact) mass is 228 g/mol. The lowest BCUT2D eigenvalue weighted by Gasteiger charge is -2.08. The van der Waals surface area contributed by atoms with Crippen LogP contribution in [0.5, 0.6) is 0 Å². The fourth-order valence-corrected chi connectivity index (χ4v) is 4.27. The summed E-state index contributed by atoms with van der Waals surface area (Å²) in [5.74, 6) is 0. The van der Waals surface area contributed by atoms with E-state index in [9.17, 15) is 0 Å². The molecule has 1 atom stereocenters.